The summed E-state index contributed by atoms with van der Waals surface area (Å²) in [4.78, 5) is 14.4. The van der Waals surface area contributed by atoms with Gasteiger partial charge in [0.15, 0.2) is 5.82 Å². The van der Waals surface area contributed by atoms with Crippen LogP contribution in [0, 0.1) is 17.0 Å². The molecule has 0 amide bonds. The molecule has 252 valence electrons. The van der Waals surface area contributed by atoms with Crippen LogP contribution < -0.4 is 15.0 Å². The Morgan fingerprint density at radius 3 is 2.60 bits per heavy atom. The number of nitrogens with one attached hydrogen (secondary N) is 1. The maximum atomic E-state index is 17.1. The SMILES string of the molecule is CCc1c(F)ccc2cc(O)cc(-c3c(Cl)cc4c(N5CC6CCC(C5)N6)nc(OCC5(CN6CCOC7(CC7)C6)CC5)nc4c3F)c12. The second-order valence-corrected chi connectivity index (χ2v) is 15.2. The van der Waals surface area contributed by atoms with Crippen LogP contribution in [0.4, 0.5) is 14.6 Å². The highest BCUT2D eigenvalue weighted by atomic mass is 35.5. The van der Waals surface area contributed by atoms with Crippen LogP contribution in [0.15, 0.2) is 30.3 Å². The molecule has 2 N–H and O–H groups in total. The first-order chi connectivity index (χ1) is 23.2. The summed E-state index contributed by atoms with van der Waals surface area (Å²) in [6.45, 7) is 7.39. The summed E-state index contributed by atoms with van der Waals surface area (Å²) in [6, 6.07) is 8.51. The highest BCUT2D eigenvalue weighted by molar-refractivity contribution is 6.35. The number of anilines is 1. The lowest BCUT2D eigenvalue weighted by molar-refractivity contribution is -0.0532. The van der Waals surface area contributed by atoms with Crippen molar-refractivity contribution in [3.05, 3.63) is 52.6 Å². The smallest absolute Gasteiger partial charge is 0.319 e. The van der Waals surface area contributed by atoms with E-state index in [1.807, 2.05) is 6.92 Å². The number of benzene rings is 3. The van der Waals surface area contributed by atoms with Crippen LogP contribution in [0.2, 0.25) is 5.02 Å². The standard InChI is InChI=1S/C37H40ClF2N5O3/c1-2-25-29(39)6-3-21-13-24(46)14-26(30(21)25)31-28(38)15-27-33(32(31)40)42-35(43-34(27)45-16-22-4-5-23(17-45)41-22)47-20-36(7-8-36)18-44-11-12-48-37(19-44)9-10-37/h3,6,13-15,22-23,41,46H,2,4-5,7-12,16-20H2,1H3. The van der Waals surface area contributed by atoms with E-state index in [0.717, 1.165) is 77.9 Å². The molecule has 2 atom stereocenters. The van der Waals surface area contributed by atoms with Gasteiger partial charge < -0.3 is 24.8 Å². The quantitative estimate of drug-likeness (QED) is 0.216. The summed E-state index contributed by atoms with van der Waals surface area (Å²) in [5.74, 6) is -0.490. The fraction of sp³-hybridized carbons (Fsp3) is 0.514. The van der Waals surface area contributed by atoms with Gasteiger partial charge in [0.05, 0.1) is 23.8 Å². The van der Waals surface area contributed by atoms with Crippen molar-refractivity contribution >= 4 is 39.1 Å². The van der Waals surface area contributed by atoms with Crippen molar-refractivity contribution in [3.8, 4) is 22.9 Å². The Bertz CT molecular complexity index is 1940. The van der Waals surface area contributed by atoms with Gasteiger partial charge in [-0.25, -0.2) is 8.78 Å². The predicted molar refractivity (Wildman–Crippen MR) is 182 cm³/mol. The monoisotopic (exact) mass is 675 g/mol. The average molecular weight is 676 g/mol. The number of phenols is 1. The molecule has 11 heteroatoms. The fourth-order valence-electron chi connectivity index (χ4n) is 8.44. The molecule has 5 aliphatic rings. The van der Waals surface area contributed by atoms with Gasteiger partial charge in [-0.05, 0) is 91.1 Å². The molecular formula is C37H40ClF2N5O3. The number of fused-ring (bicyclic) bond motifs is 4. The minimum absolute atomic E-state index is 0.0187. The number of nitrogens with zero attached hydrogens (tertiary/aromatic N) is 4. The largest absolute Gasteiger partial charge is 0.508 e. The van der Waals surface area contributed by atoms with E-state index in [1.54, 1.807) is 18.2 Å². The Morgan fingerprint density at radius 1 is 1.08 bits per heavy atom. The molecule has 1 spiro atoms. The number of piperazine rings is 1. The molecule has 1 aromatic heterocycles. The topological polar surface area (TPSA) is 83.0 Å². The number of aryl methyl sites for hydroxylation is 1. The van der Waals surface area contributed by atoms with E-state index in [9.17, 15) is 5.11 Å². The van der Waals surface area contributed by atoms with Crippen molar-refractivity contribution in [1.29, 1.82) is 0 Å². The summed E-state index contributed by atoms with van der Waals surface area (Å²) in [5.41, 5.74) is 1.01. The minimum atomic E-state index is -0.647. The van der Waals surface area contributed by atoms with Gasteiger partial charge in [-0.1, -0.05) is 24.6 Å². The van der Waals surface area contributed by atoms with Gasteiger partial charge in [0.2, 0.25) is 0 Å². The van der Waals surface area contributed by atoms with Gasteiger partial charge in [-0.3, -0.25) is 4.90 Å². The van der Waals surface area contributed by atoms with Gasteiger partial charge in [0.25, 0.3) is 0 Å². The van der Waals surface area contributed by atoms with Crippen LogP contribution in [0.5, 0.6) is 11.8 Å². The third kappa shape index (κ3) is 5.36. The molecular weight excluding hydrogens is 636 g/mol. The van der Waals surface area contributed by atoms with E-state index in [4.69, 9.17) is 31.0 Å². The molecule has 0 radical (unpaired) electrons. The molecule has 2 unspecified atom stereocenters. The highest BCUT2D eigenvalue weighted by Gasteiger charge is 2.51. The maximum Gasteiger partial charge on any atom is 0.319 e. The summed E-state index contributed by atoms with van der Waals surface area (Å²) in [5, 5.41) is 16.1. The predicted octanol–water partition coefficient (Wildman–Crippen LogP) is 6.61. The van der Waals surface area contributed by atoms with Crippen LogP contribution in [-0.4, -0.2) is 83.6 Å². The normalized spacial score (nSPS) is 24.1. The van der Waals surface area contributed by atoms with Crippen molar-refractivity contribution in [1.82, 2.24) is 20.2 Å². The Morgan fingerprint density at radius 2 is 1.88 bits per heavy atom. The van der Waals surface area contributed by atoms with Crippen LogP contribution in [0.1, 0.15) is 51.0 Å². The van der Waals surface area contributed by atoms with Gasteiger partial charge >= 0.3 is 6.01 Å². The molecule has 3 aromatic carbocycles. The fourth-order valence-corrected chi connectivity index (χ4v) is 8.74. The Balaban J connectivity index is 1.13. The van der Waals surface area contributed by atoms with E-state index >= 15 is 8.78 Å². The van der Waals surface area contributed by atoms with Gasteiger partial charge in [0, 0.05) is 61.2 Å². The first kappa shape index (κ1) is 30.7. The Labute approximate surface area is 283 Å². The van der Waals surface area contributed by atoms with Crippen LogP contribution in [-0.2, 0) is 11.2 Å². The highest BCUT2D eigenvalue weighted by Crippen LogP contribution is 2.49. The van der Waals surface area contributed by atoms with Crippen LogP contribution in [0.25, 0.3) is 32.8 Å². The second kappa shape index (κ2) is 11.4. The van der Waals surface area contributed by atoms with E-state index in [2.05, 4.69) is 15.1 Å². The van der Waals surface area contributed by atoms with Crippen LogP contribution in [0.3, 0.4) is 0 Å². The first-order valence-corrected chi connectivity index (χ1v) is 17.7. The number of halogens is 3. The van der Waals surface area contributed by atoms with E-state index < -0.39 is 5.82 Å². The number of hydrogen-bond acceptors (Lipinski definition) is 8. The Hall–Kier alpha value is -3.31. The van der Waals surface area contributed by atoms with Gasteiger partial charge in [-0.15, -0.1) is 0 Å². The number of ether oxygens (including phenoxy) is 2. The van der Waals surface area contributed by atoms with Gasteiger partial charge in [-0.2, -0.15) is 9.97 Å². The van der Waals surface area contributed by atoms with Crippen molar-refractivity contribution in [2.45, 2.75) is 69.6 Å². The first-order valence-electron chi connectivity index (χ1n) is 17.4. The van der Waals surface area contributed by atoms with Gasteiger partial charge in [0.1, 0.15) is 22.9 Å². The number of aromatic nitrogens is 2. The number of aromatic hydroxyl groups is 1. The number of hydrogen-bond donors (Lipinski definition) is 2. The molecule has 5 fully saturated rings. The summed E-state index contributed by atoms with van der Waals surface area (Å²) < 4.78 is 44.6. The third-order valence-electron chi connectivity index (χ3n) is 11.3. The second-order valence-electron chi connectivity index (χ2n) is 14.8. The number of morpholine rings is 1. The van der Waals surface area contributed by atoms with E-state index in [1.165, 1.54) is 12.1 Å². The molecule has 4 heterocycles. The average Bonchev–Trinajstić information content (AvgIpc) is 3.99. The number of phenolic OH excluding ortho intramolecular Hbond substituents is 1. The molecule has 8 nitrogen and oxygen atoms in total. The molecule has 2 bridgehead atoms. The summed E-state index contributed by atoms with van der Waals surface area (Å²) >= 11 is 6.95. The van der Waals surface area contributed by atoms with E-state index in [0.29, 0.717) is 58.2 Å². The molecule has 48 heavy (non-hydrogen) atoms. The zero-order chi connectivity index (χ0) is 32.8. The van der Waals surface area contributed by atoms with Crippen molar-refractivity contribution < 1.29 is 23.4 Å². The summed E-state index contributed by atoms with van der Waals surface area (Å²) in [7, 11) is 0. The van der Waals surface area contributed by atoms with E-state index in [-0.39, 0.29) is 44.7 Å². The molecule has 3 aliphatic heterocycles. The molecule has 2 aliphatic carbocycles. The maximum absolute atomic E-state index is 17.1. The third-order valence-corrected chi connectivity index (χ3v) is 11.6. The molecule has 3 saturated heterocycles. The molecule has 4 aromatic rings. The zero-order valence-electron chi connectivity index (χ0n) is 27.1. The zero-order valence-corrected chi connectivity index (χ0v) is 27.9. The Kier molecular flexibility index (Phi) is 7.28. The van der Waals surface area contributed by atoms with Crippen molar-refractivity contribution in [2.75, 3.05) is 50.8 Å². The summed E-state index contributed by atoms with van der Waals surface area (Å²) in [6.07, 6.45) is 6.95. The van der Waals surface area contributed by atoms with Crippen LogP contribution >= 0.6 is 11.6 Å². The lowest BCUT2D eigenvalue weighted by Gasteiger charge is -2.35. The number of rotatable bonds is 8. The lowest BCUT2D eigenvalue weighted by Crippen LogP contribution is -2.51. The molecule has 9 rings (SSSR count). The van der Waals surface area contributed by atoms with Crippen molar-refractivity contribution in [2.24, 2.45) is 5.41 Å². The minimum Gasteiger partial charge on any atom is -0.508 e. The molecule has 2 saturated carbocycles. The lowest BCUT2D eigenvalue weighted by atomic mass is 9.92. The van der Waals surface area contributed by atoms with Crippen molar-refractivity contribution in [3.63, 3.8) is 0 Å².